The van der Waals surface area contributed by atoms with Crippen LogP contribution >= 0.6 is 0 Å². The van der Waals surface area contributed by atoms with Crippen molar-refractivity contribution in [3.05, 3.63) is 71.4 Å². The molecule has 0 saturated heterocycles. The van der Waals surface area contributed by atoms with Gasteiger partial charge in [0.2, 0.25) is 10.0 Å². The van der Waals surface area contributed by atoms with E-state index in [1.807, 2.05) is 6.07 Å². The Hall–Kier alpha value is -3.11. The average molecular weight is 463 g/mol. The Morgan fingerprint density at radius 3 is 2.53 bits per heavy atom. The summed E-state index contributed by atoms with van der Waals surface area (Å²) in [5, 5.41) is 7.13. The third-order valence-electron chi connectivity index (χ3n) is 4.87. The second kappa shape index (κ2) is 10.0. The molecule has 170 valence electrons. The lowest BCUT2D eigenvalue weighted by molar-refractivity contribution is 0.0788. The van der Waals surface area contributed by atoms with Crippen LogP contribution in [-0.4, -0.2) is 49.6 Å². The molecule has 0 aliphatic heterocycles. The number of carbonyl (C=O) groups excluding carboxylic acids is 1. The third-order valence-corrected chi connectivity index (χ3v) is 6.41. The minimum atomic E-state index is -3.80. The summed E-state index contributed by atoms with van der Waals surface area (Å²) in [6, 6.07) is 11.0. The molecule has 2 N–H and O–H groups in total. The number of aromatic nitrogens is 2. The molecule has 0 aliphatic rings. The molecule has 32 heavy (non-hydrogen) atoms. The topological polar surface area (TPSA) is 95.2 Å². The van der Waals surface area contributed by atoms with Gasteiger partial charge in [0.05, 0.1) is 16.2 Å². The molecule has 0 radical (unpaired) electrons. The maximum Gasteiger partial charge on any atom is 0.256 e. The van der Waals surface area contributed by atoms with E-state index in [-0.39, 0.29) is 22.8 Å². The summed E-state index contributed by atoms with van der Waals surface area (Å²) in [6.07, 6.45) is 1.16. The van der Waals surface area contributed by atoms with Crippen molar-refractivity contribution in [1.82, 2.24) is 19.8 Å². The molecule has 0 atom stereocenters. The van der Waals surface area contributed by atoms with E-state index in [2.05, 4.69) is 14.9 Å². The van der Waals surface area contributed by atoms with Crippen LogP contribution in [0.15, 0.2) is 53.4 Å². The highest BCUT2D eigenvalue weighted by atomic mass is 32.2. The molecule has 7 nitrogen and oxygen atoms in total. The fourth-order valence-corrected chi connectivity index (χ4v) is 4.25. The van der Waals surface area contributed by atoms with Crippen LogP contribution in [0, 0.1) is 11.6 Å². The van der Waals surface area contributed by atoms with Crippen molar-refractivity contribution >= 4 is 15.9 Å². The van der Waals surface area contributed by atoms with Crippen molar-refractivity contribution in [3.63, 3.8) is 0 Å². The molecule has 0 unspecified atom stereocenters. The van der Waals surface area contributed by atoms with Crippen LogP contribution in [0.4, 0.5) is 8.78 Å². The molecule has 1 aromatic heterocycles. The van der Waals surface area contributed by atoms with Gasteiger partial charge < -0.3 is 4.90 Å². The summed E-state index contributed by atoms with van der Waals surface area (Å²) in [4.78, 5) is 13.9. The number of hydrogen-bond acceptors (Lipinski definition) is 4. The number of rotatable bonds is 9. The minimum Gasteiger partial charge on any atom is -0.342 e. The molecular formula is C22H24F2N4O3S. The van der Waals surface area contributed by atoms with Gasteiger partial charge in [0, 0.05) is 31.4 Å². The maximum absolute atomic E-state index is 14.2. The Kier molecular flexibility index (Phi) is 7.37. The van der Waals surface area contributed by atoms with Crippen molar-refractivity contribution < 1.29 is 22.0 Å². The van der Waals surface area contributed by atoms with Crippen LogP contribution in [0.5, 0.6) is 0 Å². The lowest BCUT2D eigenvalue weighted by atomic mass is 10.1. The van der Waals surface area contributed by atoms with E-state index in [4.69, 9.17) is 0 Å². The van der Waals surface area contributed by atoms with Gasteiger partial charge in [-0.3, -0.25) is 9.89 Å². The fraction of sp³-hybridized carbons (Fsp3) is 0.273. The van der Waals surface area contributed by atoms with Gasteiger partial charge in [-0.25, -0.2) is 21.9 Å². The van der Waals surface area contributed by atoms with Gasteiger partial charge in [-0.15, -0.1) is 0 Å². The molecule has 1 amide bonds. The Balaban J connectivity index is 1.61. The van der Waals surface area contributed by atoms with Gasteiger partial charge >= 0.3 is 0 Å². The van der Waals surface area contributed by atoms with Crippen molar-refractivity contribution in [2.75, 3.05) is 20.1 Å². The summed E-state index contributed by atoms with van der Waals surface area (Å²) in [7, 11) is -2.27. The molecule has 3 rings (SSSR count). The SMILES string of the molecule is CCNS(=O)(=O)c1ccc(F)c(C(=O)N(C)CCCc2cc(-c3ccc(F)cc3)n[nH]2)c1. The minimum absolute atomic E-state index is 0.164. The number of carbonyl (C=O) groups is 1. The Morgan fingerprint density at radius 1 is 1.12 bits per heavy atom. The van der Waals surface area contributed by atoms with Crippen LogP contribution in [0.2, 0.25) is 0 Å². The first kappa shape index (κ1) is 23.6. The predicted octanol–water partition coefficient (Wildman–Crippen LogP) is 3.36. The molecular weight excluding hydrogens is 438 g/mol. The van der Waals surface area contributed by atoms with E-state index in [1.165, 1.54) is 24.1 Å². The lowest BCUT2D eigenvalue weighted by Crippen LogP contribution is -2.29. The van der Waals surface area contributed by atoms with E-state index < -0.39 is 21.7 Å². The highest BCUT2D eigenvalue weighted by Gasteiger charge is 2.21. The number of aryl methyl sites for hydroxylation is 1. The molecule has 0 bridgehead atoms. The van der Waals surface area contributed by atoms with Crippen LogP contribution in [0.1, 0.15) is 29.4 Å². The van der Waals surface area contributed by atoms with E-state index in [0.29, 0.717) is 25.1 Å². The van der Waals surface area contributed by atoms with Crippen LogP contribution in [0.25, 0.3) is 11.3 Å². The van der Waals surface area contributed by atoms with Gasteiger partial charge in [-0.1, -0.05) is 6.92 Å². The number of halogens is 2. The smallest absolute Gasteiger partial charge is 0.256 e. The molecule has 0 fully saturated rings. The lowest BCUT2D eigenvalue weighted by Gasteiger charge is -2.18. The summed E-state index contributed by atoms with van der Waals surface area (Å²) in [5.74, 6) is -1.71. The number of hydrogen-bond donors (Lipinski definition) is 2. The highest BCUT2D eigenvalue weighted by molar-refractivity contribution is 7.89. The Bertz CT molecular complexity index is 1190. The van der Waals surface area contributed by atoms with Gasteiger partial charge in [-0.05, 0) is 61.4 Å². The van der Waals surface area contributed by atoms with Crippen molar-refractivity contribution in [2.24, 2.45) is 0 Å². The van der Waals surface area contributed by atoms with Gasteiger partial charge in [0.25, 0.3) is 5.91 Å². The van der Waals surface area contributed by atoms with Crippen LogP contribution in [-0.2, 0) is 16.4 Å². The summed E-state index contributed by atoms with van der Waals surface area (Å²) >= 11 is 0. The molecule has 0 spiro atoms. The number of aromatic amines is 1. The third kappa shape index (κ3) is 5.57. The second-order valence-corrected chi connectivity index (χ2v) is 9.03. The summed E-state index contributed by atoms with van der Waals surface area (Å²) < 4.78 is 53.9. The Labute approximate surface area is 185 Å². The number of sulfonamides is 1. The van der Waals surface area contributed by atoms with E-state index in [1.54, 1.807) is 19.1 Å². The Morgan fingerprint density at radius 2 is 1.84 bits per heavy atom. The van der Waals surface area contributed by atoms with E-state index in [9.17, 15) is 22.0 Å². The van der Waals surface area contributed by atoms with Gasteiger partial charge in [0.1, 0.15) is 11.6 Å². The standard InChI is InChI=1S/C22H24F2N4O3S/c1-3-25-32(30,31)18-10-11-20(24)19(14-18)22(29)28(2)12-4-5-17-13-21(27-26-17)15-6-8-16(23)9-7-15/h6-11,13-14,25H,3-5,12H2,1-2H3,(H,26,27). The zero-order chi connectivity index (χ0) is 23.3. The van der Waals surface area contributed by atoms with Gasteiger partial charge in [0.15, 0.2) is 0 Å². The highest BCUT2D eigenvalue weighted by Crippen LogP contribution is 2.19. The summed E-state index contributed by atoms with van der Waals surface area (Å²) in [5.41, 5.74) is 2.01. The van der Waals surface area contributed by atoms with Crippen molar-refractivity contribution in [3.8, 4) is 11.3 Å². The molecule has 2 aromatic carbocycles. The molecule has 0 aliphatic carbocycles. The zero-order valence-corrected chi connectivity index (χ0v) is 18.5. The number of H-pyrrole nitrogens is 1. The fourth-order valence-electron chi connectivity index (χ4n) is 3.18. The molecule has 0 saturated carbocycles. The summed E-state index contributed by atoms with van der Waals surface area (Å²) in [6.45, 7) is 2.13. The molecule has 1 heterocycles. The molecule has 10 heteroatoms. The molecule has 3 aromatic rings. The first-order chi connectivity index (χ1) is 15.2. The second-order valence-electron chi connectivity index (χ2n) is 7.26. The van der Waals surface area contributed by atoms with Gasteiger partial charge in [-0.2, -0.15) is 5.10 Å². The zero-order valence-electron chi connectivity index (χ0n) is 17.7. The monoisotopic (exact) mass is 462 g/mol. The largest absolute Gasteiger partial charge is 0.342 e. The van der Waals surface area contributed by atoms with Crippen molar-refractivity contribution in [1.29, 1.82) is 0 Å². The van der Waals surface area contributed by atoms with E-state index >= 15 is 0 Å². The average Bonchev–Trinajstić information content (AvgIpc) is 3.22. The number of amides is 1. The predicted molar refractivity (Wildman–Crippen MR) is 117 cm³/mol. The van der Waals surface area contributed by atoms with Crippen molar-refractivity contribution in [2.45, 2.75) is 24.7 Å². The van der Waals surface area contributed by atoms with Crippen LogP contribution < -0.4 is 4.72 Å². The number of benzene rings is 2. The van der Waals surface area contributed by atoms with E-state index in [0.717, 1.165) is 29.5 Å². The normalized spacial score (nSPS) is 11.5. The quantitative estimate of drug-likeness (QED) is 0.510. The number of nitrogens with zero attached hydrogens (tertiary/aromatic N) is 2. The first-order valence-electron chi connectivity index (χ1n) is 10.1. The first-order valence-corrected chi connectivity index (χ1v) is 11.5. The number of nitrogens with one attached hydrogen (secondary N) is 2. The maximum atomic E-state index is 14.2. The van der Waals surface area contributed by atoms with Crippen LogP contribution in [0.3, 0.4) is 0 Å².